The highest BCUT2D eigenvalue weighted by Gasteiger charge is 2.09. The Morgan fingerprint density at radius 3 is 2.56 bits per heavy atom. The van der Waals surface area contributed by atoms with E-state index in [1.165, 1.54) is 0 Å². The summed E-state index contributed by atoms with van der Waals surface area (Å²) in [5, 5.41) is 5.63. The van der Waals surface area contributed by atoms with Crippen LogP contribution in [0.25, 0.3) is 0 Å². The quantitative estimate of drug-likeness (QED) is 0.792. The Bertz CT molecular complexity index is 406. The minimum absolute atomic E-state index is 0.00517. The Labute approximate surface area is 114 Å². The van der Waals surface area contributed by atoms with Gasteiger partial charge in [0.15, 0.2) is 0 Å². The summed E-state index contributed by atoms with van der Waals surface area (Å²) >= 11 is 11.6. The lowest BCUT2D eigenvalue weighted by Gasteiger charge is -2.10. The van der Waals surface area contributed by atoms with E-state index in [1.807, 2.05) is 0 Å². The molecule has 0 spiro atoms. The van der Waals surface area contributed by atoms with Gasteiger partial charge < -0.3 is 15.4 Å². The van der Waals surface area contributed by atoms with Gasteiger partial charge in [0.1, 0.15) is 5.82 Å². The SMILES string of the molecule is COCCNC(=O)CNc1c(Cl)cc(F)cc1Cl. The molecule has 18 heavy (non-hydrogen) atoms. The standard InChI is InChI=1S/C11H13Cl2FN2O2/c1-18-3-2-15-10(17)6-16-11-8(12)4-7(14)5-9(11)13/h4-5,16H,2-3,6H2,1H3,(H,15,17). The first kappa shape index (κ1) is 15.0. The van der Waals surface area contributed by atoms with Crippen molar-refractivity contribution in [1.82, 2.24) is 5.32 Å². The number of ether oxygens (including phenoxy) is 1. The smallest absolute Gasteiger partial charge is 0.239 e. The molecule has 4 nitrogen and oxygen atoms in total. The molecule has 2 N–H and O–H groups in total. The summed E-state index contributed by atoms with van der Waals surface area (Å²) in [4.78, 5) is 11.4. The monoisotopic (exact) mass is 294 g/mol. The lowest BCUT2D eigenvalue weighted by atomic mass is 10.3. The number of carbonyl (C=O) groups excluding carboxylic acids is 1. The number of hydrogen-bond acceptors (Lipinski definition) is 3. The van der Waals surface area contributed by atoms with Crippen molar-refractivity contribution in [3.05, 3.63) is 28.0 Å². The van der Waals surface area contributed by atoms with Gasteiger partial charge in [0, 0.05) is 13.7 Å². The number of nitrogens with one attached hydrogen (secondary N) is 2. The van der Waals surface area contributed by atoms with Crippen LogP contribution in [-0.4, -0.2) is 32.7 Å². The van der Waals surface area contributed by atoms with Crippen LogP contribution in [0, 0.1) is 5.82 Å². The molecule has 0 fully saturated rings. The molecule has 7 heteroatoms. The van der Waals surface area contributed by atoms with Crippen molar-refractivity contribution < 1.29 is 13.9 Å². The first-order valence-electron chi connectivity index (χ1n) is 5.18. The first-order valence-corrected chi connectivity index (χ1v) is 5.94. The maximum Gasteiger partial charge on any atom is 0.239 e. The fourth-order valence-corrected chi connectivity index (χ4v) is 1.83. The van der Waals surface area contributed by atoms with Crippen molar-refractivity contribution in [3.8, 4) is 0 Å². The average Bonchev–Trinajstić information content (AvgIpc) is 2.27. The van der Waals surface area contributed by atoms with Gasteiger partial charge in [-0.1, -0.05) is 23.2 Å². The fraction of sp³-hybridized carbons (Fsp3) is 0.364. The van der Waals surface area contributed by atoms with Crippen LogP contribution in [0.3, 0.4) is 0 Å². The molecule has 0 aliphatic carbocycles. The molecule has 1 aromatic rings. The molecule has 0 bridgehead atoms. The largest absolute Gasteiger partial charge is 0.383 e. The van der Waals surface area contributed by atoms with Gasteiger partial charge in [-0.25, -0.2) is 4.39 Å². The topological polar surface area (TPSA) is 50.4 Å². The maximum atomic E-state index is 12.9. The van der Waals surface area contributed by atoms with E-state index < -0.39 is 5.82 Å². The molecule has 0 heterocycles. The predicted octanol–water partition coefficient (Wildman–Crippen LogP) is 2.31. The van der Waals surface area contributed by atoms with Crippen LogP contribution in [0.15, 0.2) is 12.1 Å². The van der Waals surface area contributed by atoms with Gasteiger partial charge in [-0.05, 0) is 12.1 Å². The highest BCUT2D eigenvalue weighted by molar-refractivity contribution is 6.39. The van der Waals surface area contributed by atoms with E-state index in [4.69, 9.17) is 27.9 Å². The van der Waals surface area contributed by atoms with E-state index in [0.29, 0.717) is 18.8 Å². The Kier molecular flexibility index (Phi) is 6.18. The summed E-state index contributed by atoms with van der Waals surface area (Å²) in [6.07, 6.45) is 0. The molecule has 0 atom stereocenters. The van der Waals surface area contributed by atoms with E-state index >= 15 is 0 Å². The number of carbonyl (C=O) groups is 1. The van der Waals surface area contributed by atoms with Gasteiger partial charge in [0.05, 0.1) is 28.9 Å². The first-order chi connectivity index (χ1) is 8.54. The lowest BCUT2D eigenvalue weighted by molar-refractivity contribution is -0.119. The minimum atomic E-state index is -0.528. The van der Waals surface area contributed by atoms with Crippen LogP contribution in [0.2, 0.25) is 10.0 Å². The molecule has 0 aromatic heterocycles. The predicted molar refractivity (Wildman–Crippen MR) is 69.8 cm³/mol. The summed E-state index contributed by atoms with van der Waals surface area (Å²) in [5.74, 6) is -0.761. The van der Waals surface area contributed by atoms with E-state index in [9.17, 15) is 9.18 Å². The van der Waals surface area contributed by atoms with Crippen LogP contribution in [-0.2, 0) is 9.53 Å². The number of methoxy groups -OCH3 is 1. The van der Waals surface area contributed by atoms with Crippen molar-refractivity contribution in [3.63, 3.8) is 0 Å². The zero-order valence-electron chi connectivity index (χ0n) is 9.73. The van der Waals surface area contributed by atoms with Gasteiger partial charge in [-0.2, -0.15) is 0 Å². The molecule has 1 rings (SSSR count). The molecule has 0 aliphatic heterocycles. The third-order valence-corrected chi connectivity index (χ3v) is 2.66. The van der Waals surface area contributed by atoms with Gasteiger partial charge in [-0.15, -0.1) is 0 Å². The van der Waals surface area contributed by atoms with E-state index in [2.05, 4.69) is 10.6 Å². The third-order valence-electron chi connectivity index (χ3n) is 2.06. The van der Waals surface area contributed by atoms with E-state index in [0.717, 1.165) is 12.1 Å². The highest BCUT2D eigenvalue weighted by Crippen LogP contribution is 2.30. The maximum absolute atomic E-state index is 12.9. The van der Waals surface area contributed by atoms with Gasteiger partial charge in [0.25, 0.3) is 0 Å². The minimum Gasteiger partial charge on any atom is -0.383 e. The van der Waals surface area contributed by atoms with Crippen LogP contribution in [0.5, 0.6) is 0 Å². The van der Waals surface area contributed by atoms with Crippen molar-refractivity contribution in [2.24, 2.45) is 0 Å². The molecule has 0 aliphatic rings. The Morgan fingerprint density at radius 1 is 1.39 bits per heavy atom. The number of hydrogen-bond donors (Lipinski definition) is 2. The second-order valence-corrected chi connectivity index (χ2v) is 4.26. The van der Waals surface area contributed by atoms with Crippen LogP contribution < -0.4 is 10.6 Å². The third kappa shape index (κ3) is 4.68. The lowest BCUT2D eigenvalue weighted by Crippen LogP contribution is -2.32. The summed E-state index contributed by atoms with van der Waals surface area (Å²) in [7, 11) is 1.54. The second kappa shape index (κ2) is 7.41. The highest BCUT2D eigenvalue weighted by atomic mass is 35.5. The Balaban J connectivity index is 2.51. The average molecular weight is 295 g/mol. The van der Waals surface area contributed by atoms with Gasteiger partial charge in [-0.3, -0.25) is 4.79 Å². The molecule has 1 amide bonds. The summed E-state index contributed by atoms with van der Waals surface area (Å²) in [6.45, 7) is 0.848. The number of rotatable bonds is 6. The van der Waals surface area contributed by atoms with Gasteiger partial charge in [0.2, 0.25) is 5.91 Å². The number of amides is 1. The molecule has 100 valence electrons. The molecule has 1 aromatic carbocycles. The van der Waals surface area contributed by atoms with E-state index in [-0.39, 0.29) is 22.5 Å². The molecular formula is C11H13Cl2FN2O2. The van der Waals surface area contributed by atoms with Crippen molar-refractivity contribution in [1.29, 1.82) is 0 Å². The van der Waals surface area contributed by atoms with Crippen LogP contribution >= 0.6 is 23.2 Å². The number of anilines is 1. The zero-order chi connectivity index (χ0) is 13.5. The van der Waals surface area contributed by atoms with Crippen molar-refractivity contribution >= 4 is 34.8 Å². The van der Waals surface area contributed by atoms with Crippen molar-refractivity contribution in [2.75, 3.05) is 32.1 Å². The molecule has 0 saturated carbocycles. The molecule has 0 radical (unpaired) electrons. The summed E-state index contributed by atoms with van der Waals surface area (Å²) in [6, 6.07) is 2.25. The Morgan fingerprint density at radius 2 is 2.00 bits per heavy atom. The van der Waals surface area contributed by atoms with E-state index in [1.54, 1.807) is 7.11 Å². The number of benzene rings is 1. The van der Waals surface area contributed by atoms with Crippen molar-refractivity contribution in [2.45, 2.75) is 0 Å². The summed E-state index contributed by atoms with van der Waals surface area (Å²) in [5.41, 5.74) is 0.335. The van der Waals surface area contributed by atoms with Gasteiger partial charge >= 0.3 is 0 Å². The molecule has 0 unspecified atom stereocenters. The fourth-order valence-electron chi connectivity index (χ4n) is 1.23. The zero-order valence-corrected chi connectivity index (χ0v) is 11.2. The Hall–Kier alpha value is -1.04. The van der Waals surface area contributed by atoms with Crippen LogP contribution in [0.1, 0.15) is 0 Å². The molecule has 0 saturated heterocycles. The summed E-state index contributed by atoms with van der Waals surface area (Å²) < 4.78 is 17.7. The molecular weight excluding hydrogens is 282 g/mol. The second-order valence-electron chi connectivity index (χ2n) is 3.44. The normalized spacial score (nSPS) is 10.2. The van der Waals surface area contributed by atoms with Crippen LogP contribution in [0.4, 0.5) is 10.1 Å². The number of halogens is 3.